The SMILES string of the molecule is COc1cc2nccc(Oc3ccc4c(c3)CCN4C(=O)Cc3ccc([N+](=O)[O-])cc3)c2cc1C(N)=O. The number of fused-ring (bicyclic) bond motifs is 2. The number of amides is 2. The van der Waals surface area contributed by atoms with Crippen molar-refractivity contribution in [3.8, 4) is 17.2 Å². The van der Waals surface area contributed by atoms with Crippen LogP contribution in [0.3, 0.4) is 0 Å². The van der Waals surface area contributed by atoms with Crippen molar-refractivity contribution < 1.29 is 24.0 Å². The van der Waals surface area contributed by atoms with Crippen molar-refractivity contribution in [2.24, 2.45) is 5.73 Å². The summed E-state index contributed by atoms with van der Waals surface area (Å²) in [7, 11) is 1.46. The molecule has 0 bridgehead atoms. The molecule has 0 aliphatic carbocycles. The summed E-state index contributed by atoms with van der Waals surface area (Å²) in [4.78, 5) is 41.3. The first-order chi connectivity index (χ1) is 17.8. The number of nitro benzene ring substituents is 1. The van der Waals surface area contributed by atoms with Crippen LogP contribution in [0.4, 0.5) is 11.4 Å². The quantitative estimate of drug-likeness (QED) is 0.298. The van der Waals surface area contributed by atoms with Crippen molar-refractivity contribution >= 4 is 34.1 Å². The van der Waals surface area contributed by atoms with E-state index < -0.39 is 10.8 Å². The molecule has 0 spiro atoms. The van der Waals surface area contributed by atoms with Gasteiger partial charge in [-0.2, -0.15) is 0 Å². The summed E-state index contributed by atoms with van der Waals surface area (Å²) in [6, 6.07) is 16.4. The topological polar surface area (TPSA) is 138 Å². The Balaban J connectivity index is 1.36. The lowest BCUT2D eigenvalue weighted by Gasteiger charge is -2.18. The van der Waals surface area contributed by atoms with Crippen LogP contribution in [0.5, 0.6) is 17.2 Å². The summed E-state index contributed by atoms with van der Waals surface area (Å²) in [5.74, 6) is 0.700. The highest BCUT2D eigenvalue weighted by atomic mass is 16.6. The molecule has 5 rings (SSSR count). The fraction of sp³-hybridized carbons (Fsp3) is 0.148. The number of carbonyl (C=O) groups is 2. The Morgan fingerprint density at radius 1 is 1.08 bits per heavy atom. The Kier molecular flexibility index (Phi) is 6.14. The number of primary amides is 1. The van der Waals surface area contributed by atoms with Gasteiger partial charge < -0.3 is 20.1 Å². The van der Waals surface area contributed by atoms with Gasteiger partial charge in [-0.15, -0.1) is 0 Å². The van der Waals surface area contributed by atoms with Crippen molar-refractivity contribution in [1.82, 2.24) is 4.98 Å². The lowest BCUT2D eigenvalue weighted by Crippen LogP contribution is -2.30. The molecule has 3 aromatic carbocycles. The van der Waals surface area contributed by atoms with Gasteiger partial charge in [-0.1, -0.05) is 12.1 Å². The number of anilines is 1. The standard InChI is InChI=1S/C27H22N4O6/c1-36-25-15-22-20(14-21(25)27(28)33)24(8-10-29-22)37-19-6-7-23-17(13-19)9-11-30(23)26(32)12-16-2-4-18(5-3-16)31(34)35/h2-8,10,13-15H,9,11-12H2,1H3,(H2,28,33). The summed E-state index contributed by atoms with van der Waals surface area (Å²) in [5.41, 5.74) is 8.79. The molecule has 0 radical (unpaired) electrons. The molecule has 2 amide bonds. The minimum Gasteiger partial charge on any atom is -0.496 e. The van der Waals surface area contributed by atoms with Gasteiger partial charge in [-0.3, -0.25) is 24.7 Å². The summed E-state index contributed by atoms with van der Waals surface area (Å²) in [5, 5.41) is 11.5. The molecule has 10 nitrogen and oxygen atoms in total. The number of benzene rings is 3. The van der Waals surface area contributed by atoms with Crippen LogP contribution in [0.2, 0.25) is 0 Å². The number of nitro groups is 1. The van der Waals surface area contributed by atoms with E-state index >= 15 is 0 Å². The Bertz CT molecular complexity index is 1550. The van der Waals surface area contributed by atoms with Crippen LogP contribution in [0.15, 0.2) is 66.9 Å². The molecule has 0 saturated carbocycles. The van der Waals surface area contributed by atoms with E-state index in [4.69, 9.17) is 15.2 Å². The Morgan fingerprint density at radius 3 is 2.57 bits per heavy atom. The number of ether oxygens (including phenoxy) is 2. The maximum Gasteiger partial charge on any atom is 0.269 e. The van der Waals surface area contributed by atoms with E-state index in [9.17, 15) is 19.7 Å². The van der Waals surface area contributed by atoms with Crippen LogP contribution in [0.1, 0.15) is 21.5 Å². The van der Waals surface area contributed by atoms with Gasteiger partial charge in [0.2, 0.25) is 5.91 Å². The minimum atomic E-state index is -0.621. The zero-order valence-electron chi connectivity index (χ0n) is 19.8. The fourth-order valence-electron chi connectivity index (χ4n) is 4.43. The van der Waals surface area contributed by atoms with Crippen LogP contribution in [0, 0.1) is 10.1 Å². The third-order valence-corrected chi connectivity index (χ3v) is 6.27. The van der Waals surface area contributed by atoms with E-state index in [0.717, 1.165) is 11.3 Å². The first-order valence-corrected chi connectivity index (χ1v) is 11.4. The first kappa shape index (κ1) is 23.7. The predicted octanol–water partition coefficient (Wildman–Crippen LogP) is 4.17. The number of aromatic nitrogens is 1. The largest absolute Gasteiger partial charge is 0.496 e. The highest BCUT2D eigenvalue weighted by Crippen LogP contribution is 2.36. The number of carbonyl (C=O) groups excluding carboxylic acids is 2. The number of rotatable bonds is 7. The summed E-state index contributed by atoms with van der Waals surface area (Å²) in [6.07, 6.45) is 2.41. The third-order valence-electron chi connectivity index (χ3n) is 6.27. The molecule has 0 fully saturated rings. The molecular weight excluding hydrogens is 476 g/mol. The van der Waals surface area contributed by atoms with Gasteiger partial charge in [0, 0.05) is 42.0 Å². The van der Waals surface area contributed by atoms with E-state index in [1.807, 2.05) is 12.1 Å². The van der Waals surface area contributed by atoms with Crippen LogP contribution in [0.25, 0.3) is 10.9 Å². The molecule has 0 atom stereocenters. The third kappa shape index (κ3) is 4.64. The summed E-state index contributed by atoms with van der Waals surface area (Å²) < 4.78 is 11.4. The highest BCUT2D eigenvalue weighted by molar-refractivity contribution is 6.01. The number of hydrogen-bond acceptors (Lipinski definition) is 7. The van der Waals surface area contributed by atoms with Crippen LogP contribution >= 0.6 is 0 Å². The Labute approximate surface area is 211 Å². The van der Waals surface area contributed by atoms with E-state index in [1.54, 1.807) is 47.5 Å². The van der Waals surface area contributed by atoms with Crippen LogP contribution < -0.4 is 20.1 Å². The Hall–Kier alpha value is -4.99. The maximum atomic E-state index is 13.0. The number of methoxy groups -OCH3 is 1. The van der Waals surface area contributed by atoms with Gasteiger partial charge in [-0.05, 0) is 47.9 Å². The van der Waals surface area contributed by atoms with Gasteiger partial charge in [0.1, 0.15) is 17.2 Å². The van der Waals surface area contributed by atoms with E-state index in [-0.39, 0.29) is 23.6 Å². The van der Waals surface area contributed by atoms with E-state index in [0.29, 0.717) is 46.7 Å². The van der Waals surface area contributed by atoms with Gasteiger partial charge in [0.05, 0.1) is 29.5 Å². The molecule has 0 saturated heterocycles. The Morgan fingerprint density at radius 2 is 1.86 bits per heavy atom. The molecule has 1 aliphatic rings. The molecule has 37 heavy (non-hydrogen) atoms. The van der Waals surface area contributed by atoms with Gasteiger partial charge in [0.15, 0.2) is 0 Å². The zero-order valence-corrected chi connectivity index (χ0v) is 19.8. The van der Waals surface area contributed by atoms with Gasteiger partial charge in [0.25, 0.3) is 11.6 Å². The summed E-state index contributed by atoms with van der Waals surface area (Å²) in [6.45, 7) is 0.532. The molecule has 10 heteroatoms. The smallest absolute Gasteiger partial charge is 0.269 e. The summed E-state index contributed by atoms with van der Waals surface area (Å²) >= 11 is 0. The number of hydrogen-bond donors (Lipinski definition) is 1. The van der Waals surface area contributed by atoms with E-state index in [1.165, 1.54) is 19.2 Å². The lowest BCUT2D eigenvalue weighted by atomic mass is 10.1. The molecule has 4 aromatic rings. The van der Waals surface area contributed by atoms with Crippen molar-refractivity contribution in [3.63, 3.8) is 0 Å². The van der Waals surface area contributed by atoms with Crippen molar-refractivity contribution in [2.45, 2.75) is 12.8 Å². The van der Waals surface area contributed by atoms with Crippen molar-refractivity contribution in [1.29, 1.82) is 0 Å². The number of pyridine rings is 1. The number of non-ortho nitro benzene ring substituents is 1. The average molecular weight is 498 g/mol. The van der Waals surface area contributed by atoms with Gasteiger partial charge in [-0.25, -0.2) is 0 Å². The molecule has 1 aromatic heterocycles. The molecular formula is C27H22N4O6. The average Bonchev–Trinajstić information content (AvgIpc) is 3.32. The molecule has 186 valence electrons. The monoisotopic (exact) mass is 498 g/mol. The maximum absolute atomic E-state index is 13.0. The molecule has 2 N–H and O–H groups in total. The van der Waals surface area contributed by atoms with Crippen LogP contribution in [-0.2, 0) is 17.6 Å². The molecule has 2 heterocycles. The van der Waals surface area contributed by atoms with Crippen molar-refractivity contribution in [3.05, 3.63) is 93.7 Å². The molecule has 1 aliphatic heterocycles. The highest BCUT2D eigenvalue weighted by Gasteiger charge is 2.25. The normalized spacial score (nSPS) is 12.3. The van der Waals surface area contributed by atoms with Gasteiger partial charge >= 0.3 is 0 Å². The number of nitrogens with zero attached hydrogens (tertiary/aromatic N) is 3. The second-order valence-corrected chi connectivity index (χ2v) is 8.53. The van der Waals surface area contributed by atoms with Crippen molar-refractivity contribution in [2.75, 3.05) is 18.6 Å². The number of nitrogens with two attached hydrogens (primary N) is 1. The predicted molar refractivity (Wildman–Crippen MR) is 136 cm³/mol. The van der Waals surface area contributed by atoms with E-state index in [2.05, 4.69) is 4.98 Å². The zero-order chi connectivity index (χ0) is 26.1. The fourth-order valence-corrected chi connectivity index (χ4v) is 4.43. The second kappa shape index (κ2) is 9.57. The first-order valence-electron chi connectivity index (χ1n) is 11.4. The molecule has 0 unspecified atom stereocenters. The van der Waals surface area contributed by atoms with Crippen LogP contribution in [-0.4, -0.2) is 35.4 Å². The second-order valence-electron chi connectivity index (χ2n) is 8.53. The lowest BCUT2D eigenvalue weighted by molar-refractivity contribution is -0.384. The minimum absolute atomic E-state index is 0.0118.